The third kappa shape index (κ3) is 5.52. The van der Waals surface area contributed by atoms with Gasteiger partial charge in [-0.25, -0.2) is 8.78 Å². The van der Waals surface area contributed by atoms with Crippen LogP contribution in [-0.2, 0) is 11.8 Å². The molecule has 166 valence electrons. The Balaban J connectivity index is 1.76. The Morgan fingerprint density at radius 1 is 1.03 bits per heavy atom. The van der Waals surface area contributed by atoms with E-state index in [4.69, 9.17) is 0 Å². The number of hydrogen-bond acceptors (Lipinski definition) is 2. The predicted molar refractivity (Wildman–Crippen MR) is 122 cm³/mol. The van der Waals surface area contributed by atoms with Crippen LogP contribution < -0.4 is 0 Å². The fourth-order valence-corrected chi connectivity index (χ4v) is 5.08. The van der Waals surface area contributed by atoms with E-state index in [0.717, 1.165) is 51.5 Å². The van der Waals surface area contributed by atoms with Crippen molar-refractivity contribution in [3.8, 4) is 6.07 Å². The molecule has 1 saturated carbocycles. The highest BCUT2D eigenvalue weighted by atomic mass is 19.1. The smallest absolute Gasteiger partial charge is 0.130 e. The Hall–Kier alpha value is -2.25. The molecular formula is C27H34F2N2. The van der Waals surface area contributed by atoms with Crippen molar-refractivity contribution in [3.63, 3.8) is 0 Å². The standard InChI is InChI=1S/C27H34F2N2/c1-21(31(2)19-17-22-10-5-3-6-11-22)16-18-27(20-30,23-12-7-4-8-13-23)26-24(28)14-9-15-25(26)29/h3,5-6,9-11,14-15,21,23H,4,7-8,12-13,16-19H2,1-2H3. The van der Waals surface area contributed by atoms with Crippen LogP contribution in [0.25, 0.3) is 0 Å². The minimum atomic E-state index is -1.11. The summed E-state index contributed by atoms with van der Waals surface area (Å²) >= 11 is 0. The average Bonchev–Trinajstić information content (AvgIpc) is 2.80. The van der Waals surface area contributed by atoms with Gasteiger partial charge in [0.2, 0.25) is 0 Å². The molecule has 0 spiro atoms. The van der Waals surface area contributed by atoms with E-state index in [-0.39, 0.29) is 17.5 Å². The molecule has 0 saturated heterocycles. The second-order valence-corrected chi connectivity index (χ2v) is 9.12. The molecule has 2 nitrogen and oxygen atoms in total. The summed E-state index contributed by atoms with van der Waals surface area (Å²) in [4.78, 5) is 2.29. The van der Waals surface area contributed by atoms with Gasteiger partial charge in [0.05, 0.1) is 11.5 Å². The minimum Gasteiger partial charge on any atom is -0.303 e. The van der Waals surface area contributed by atoms with Crippen molar-refractivity contribution in [2.24, 2.45) is 5.92 Å². The zero-order valence-corrected chi connectivity index (χ0v) is 18.8. The molecule has 0 amide bonds. The Morgan fingerprint density at radius 3 is 2.29 bits per heavy atom. The molecule has 2 aromatic carbocycles. The normalized spacial score (nSPS) is 17.8. The van der Waals surface area contributed by atoms with Crippen LogP contribution in [-0.4, -0.2) is 24.5 Å². The fraction of sp³-hybridized carbons (Fsp3) is 0.519. The minimum absolute atomic E-state index is 0.000486. The number of likely N-dealkylation sites (N-methyl/N-ethyl adjacent to an activating group) is 1. The first-order valence-electron chi connectivity index (χ1n) is 11.6. The molecule has 31 heavy (non-hydrogen) atoms. The molecule has 4 heteroatoms. The van der Waals surface area contributed by atoms with Gasteiger partial charge in [0.25, 0.3) is 0 Å². The van der Waals surface area contributed by atoms with Gasteiger partial charge in [0.1, 0.15) is 11.6 Å². The summed E-state index contributed by atoms with van der Waals surface area (Å²) in [6.07, 6.45) is 7.06. The van der Waals surface area contributed by atoms with Crippen molar-refractivity contribution in [3.05, 3.63) is 71.3 Å². The number of benzene rings is 2. The molecule has 2 unspecified atom stereocenters. The van der Waals surface area contributed by atoms with E-state index >= 15 is 0 Å². The Morgan fingerprint density at radius 2 is 1.68 bits per heavy atom. The van der Waals surface area contributed by atoms with E-state index < -0.39 is 17.0 Å². The van der Waals surface area contributed by atoms with Crippen molar-refractivity contribution >= 4 is 0 Å². The molecular weight excluding hydrogens is 390 g/mol. The number of nitriles is 1. The maximum Gasteiger partial charge on any atom is 0.130 e. The second kappa shape index (κ2) is 10.9. The lowest BCUT2D eigenvalue weighted by atomic mass is 9.63. The van der Waals surface area contributed by atoms with Crippen LogP contribution in [0.4, 0.5) is 8.78 Å². The third-order valence-corrected chi connectivity index (χ3v) is 7.22. The maximum atomic E-state index is 14.9. The summed E-state index contributed by atoms with van der Waals surface area (Å²) in [7, 11) is 2.09. The lowest BCUT2D eigenvalue weighted by Crippen LogP contribution is -2.39. The number of rotatable bonds is 9. The van der Waals surface area contributed by atoms with Crippen molar-refractivity contribution in [1.82, 2.24) is 4.90 Å². The first kappa shape index (κ1) is 23.4. The summed E-state index contributed by atoms with van der Waals surface area (Å²) in [6, 6.07) is 17.0. The van der Waals surface area contributed by atoms with E-state index in [2.05, 4.69) is 37.1 Å². The number of halogens is 2. The largest absolute Gasteiger partial charge is 0.303 e. The first-order valence-corrected chi connectivity index (χ1v) is 11.6. The van der Waals surface area contributed by atoms with Gasteiger partial charge >= 0.3 is 0 Å². The molecule has 0 aromatic heterocycles. The molecule has 0 N–H and O–H groups in total. The highest BCUT2D eigenvalue weighted by Gasteiger charge is 2.44. The van der Waals surface area contributed by atoms with Crippen LogP contribution in [0.1, 0.15) is 63.0 Å². The van der Waals surface area contributed by atoms with Gasteiger partial charge in [-0.2, -0.15) is 5.26 Å². The van der Waals surface area contributed by atoms with Crippen molar-refractivity contribution in [2.75, 3.05) is 13.6 Å². The van der Waals surface area contributed by atoms with E-state index in [1.165, 1.54) is 23.8 Å². The zero-order chi connectivity index (χ0) is 22.3. The highest BCUT2D eigenvalue weighted by Crippen LogP contribution is 2.46. The Labute approximate surface area is 185 Å². The van der Waals surface area contributed by atoms with Gasteiger partial charge in [-0.15, -0.1) is 0 Å². The topological polar surface area (TPSA) is 27.0 Å². The quantitative estimate of drug-likeness (QED) is 0.451. The van der Waals surface area contributed by atoms with Gasteiger partial charge in [-0.05, 0) is 69.7 Å². The highest BCUT2D eigenvalue weighted by molar-refractivity contribution is 5.36. The average molecular weight is 425 g/mol. The molecule has 1 fully saturated rings. The Kier molecular flexibility index (Phi) is 8.21. The number of nitrogens with zero attached hydrogens (tertiary/aromatic N) is 2. The van der Waals surface area contributed by atoms with Gasteiger partial charge in [-0.3, -0.25) is 0 Å². The molecule has 1 aliphatic rings. The maximum absolute atomic E-state index is 14.9. The van der Waals surface area contributed by atoms with Gasteiger partial charge in [-0.1, -0.05) is 55.7 Å². The summed E-state index contributed by atoms with van der Waals surface area (Å²) < 4.78 is 29.8. The first-order chi connectivity index (χ1) is 15.0. The molecule has 0 radical (unpaired) electrons. The predicted octanol–water partition coefficient (Wildman–Crippen LogP) is 6.65. The van der Waals surface area contributed by atoms with Crippen LogP contribution in [0.2, 0.25) is 0 Å². The summed E-state index contributed by atoms with van der Waals surface area (Å²) in [5.41, 5.74) is 0.178. The van der Waals surface area contributed by atoms with Gasteiger partial charge < -0.3 is 4.90 Å². The summed E-state index contributed by atoms with van der Waals surface area (Å²) in [6.45, 7) is 3.05. The van der Waals surface area contributed by atoms with Crippen molar-refractivity contribution in [1.29, 1.82) is 5.26 Å². The van der Waals surface area contributed by atoms with E-state index in [0.29, 0.717) is 6.42 Å². The lowest BCUT2D eigenvalue weighted by Gasteiger charge is -2.39. The molecule has 1 aliphatic carbocycles. The van der Waals surface area contributed by atoms with Crippen molar-refractivity contribution in [2.45, 2.75) is 69.7 Å². The third-order valence-electron chi connectivity index (χ3n) is 7.22. The van der Waals surface area contributed by atoms with Crippen LogP contribution in [0, 0.1) is 28.9 Å². The van der Waals surface area contributed by atoms with Crippen molar-refractivity contribution < 1.29 is 8.78 Å². The second-order valence-electron chi connectivity index (χ2n) is 9.12. The van der Waals surface area contributed by atoms with Gasteiger partial charge in [0, 0.05) is 18.2 Å². The van der Waals surface area contributed by atoms with E-state index in [9.17, 15) is 14.0 Å². The molecule has 2 aromatic rings. The number of hydrogen-bond donors (Lipinski definition) is 0. The molecule has 0 heterocycles. The molecule has 0 aliphatic heterocycles. The molecule has 0 bridgehead atoms. The Bertz CT molecular complexity index is 850. The zero-order valence-electron chi connectivity index (χ0n) is 18.8. The van der Waals surface area contributed by atoms with Crippen LogP contribution in [0.5, 0.6) is 0 Å². The SMILES string of the molecule is CC(CCC(C#N)(c1c(F)cccc1F)C1CCCCC1)N(C)CCc1ccccc1. The monoisotopic (exact) mass is 424 g/mol. The van der Waals surface area contributed by atoms with E-state index in [1.54, 1.807) is 0 Å². The van der Waals surface area contributed by atoms with Crippen LogP contribution in [0.15, 0.2) is 48.5 Å². The van der Waals surface area contributed by atoms with E-state index in [1.807, 2.05) is 18.2 Å². The summed E-state index contributed by atoms with van der Waals surface area (Å²) in [5, 5.41) is 10.3. The van der Waals surface area contributed by atoms with Crippen LogP contribution >= 0.6 is 0 Å². The van der Waals surface area contributed by atoms with Gasteiger partial charge in [0.15, 0.2) is 0 Å². The molecule has 2 atom stereocenters. The molecule has 3 rings (SSSR count). The van der Waals surface area contributed by atoms with Crippen LogP contribution in [0.3, 0.4) is 0 Å². The summed E-state index contributed by atoms with van der Waals surface area (Å²) in [5.74, 6) is -1.17. The lowest BCUT2D eigenvalue weighted by molar-refractivity contribution is 0.191. The fourth-order valence-electron chi connectivity index (χ4n) is 5.08.